The molecule has 0 aliphatic carbocycles. The average Bonchev–Trinajstić information content (AvgIpc) is 3.25. The first kappa shape index (κ1) is 15.1. The maximum Gasteiger partial charge on any atom is 0.245 e. The largest absolute Gasteiger partial charge is 0.337 e. The summed E-state index contributed by atoms with van der Waals surface area (Å²) < 4.78 is 5.49. The van der Waals surface area contributed by atoms with Crippen LogP contribution in [0, 0.1) is 13.8 Å². The van der Waals surface area contributed by atoms with E-state index in [9.17, 15) is 0 Å². The zero-order valence-electron chi connectivity index (χ0n) is 13.8. The highest BCUT2D eigenvalue weighted by Gasteiger charge is 2.30. The van der Waals surface area contributed by atoms with Gasteiger partial charge in [0.05, 0.1) is 0 Å². The summed E-state index contributed by atoms with van der Waals surface area (Å²) in [6, 6.07) is 16.8. The third-order valence-corrected chi connectivity index (χ3v) is 4.48. The number of aryl methyl sites for hydroxylation is 2. The van der Waals surface area contributed by atoms with Crippen LogP contribution in [0.15, 0.2) is 53.1 Å². The van der Waals surface area contributed by atoms with Gasteiger partial charge in [0.15, 0.2) is 0 Å². The van der Waals surface area contributed by atoms with E-state index in [1.807, 2.05) is 12.1 Å². The Labute approximate surface area is 141 Å². The number of hydrogen-bond donors (Lipinski definition) is 2. The number of nitrogens with zero attached hydrogens (tertiary/aromatic N) is 2. The van der Waals surface area contributed by atoms with Crippen LogP contribution in [0.2, 0.25) is 0 Å². The van der Waals surface area contributed by atoms with Crippen LogP contribution in [-0.2, 0) is 0 Å². The quantitative estimate of drug-likeness (QED) is 0.771. The van der Waals surface area contributed by atoms with Gasteiger partial charge in [-0.1, -0.05) is 53.2 Å². The van der Waals surface area contributed by atoms with E-state index in [-0.39, 0.29) is 12.1 Å². The lowest BCUT2D eigenvalue weighted by Gasteiger charge is -2.12. The number of aromatic nitrogens is 2. The molecule has 2 aromatic carbocycles. The molecule has 5 nitrogen and oxygen atoms in total. The molecular weight excluding hydrogens is 300 g/mol. The number of hydrazine groups is 1. The smallest absolute Gasteiger partial charge is 0.245 e. The Kier molecular flexibility index (Phi) is 3.88. The highest BCUT2D eigenvalue weighted by molar-refractivity contribution is 5.55. The maximum atomic E-state index is 5.49. The molecule has 2 atom stereocenters. The number of benzene rings is 2. The molecule has 1 saturated heterocycles. The lowest BCUT2D eigenvalue weighted by Crippen LogP contribution is -2.27. The van der Waals surface area contributed by atoms with Crippen molar-refractivity contribution in [2.45, 2.75) is 32.4 Å². The van der Waals surface area contributed by atoms with E-state index in [2.05, 4.69) is 71.2 Å². The molecule has 122 valence electrons. The summed E-state index contributed by atoms with van der Waals surface area (Å²) in [5.74, 6) is 1.25. The number of hydrogen-bond acceptors (Lipinski definition) is 5. The van der Waals surface area contributed by atoms with Crippen LogP contribution in [0.4, 0.5) is 0 Å². The molecule has 0 bridgehead atoms. The van der Waals surface area contributed by atoms with Gasteiger partial charge in [0, 0.05) is 11.6 Å². The first-order valence-electron chi connectivity index (χ1n) is 8.18. The summed E-state index contributed by atoms with van der Waals surface area (Å²) in [6.45, 7) is 4.19. The Morgan fingerprint density at radius 1 is 1.00 bits per heavy atom. The van der Waals surface area contributed by atoms with Crippen molar-refractivity contribution in [1.29, 1.82) is 0 Å². The minimum atomic E-state index is 0.0145. The monoisotopic (exact) mass is 320 g/mol. The van der Waals surface area contributed by atoms with E-state index < -0.39 is 0 Å². The second-order valence-electron chi connectivity index (χ2n) is 6.31. The minimum absolute atomic E-state index is 0.0145. The van der Waals surface area contributed by atoms with Crippen molar-refractivity contribution in [3.63, 3.8) is 0 Å². The van der Waals surface area contributed by atoms with E-state index in [4.69, 9.17) is 4.52 Å². The molecule has 24 heavy (non-hydrogen) atoms. The van der Waals surface area contributed by atoms with E-state index in [0.29, 0.717) is 11.7 Å². The van der Waals surface area contributed by atoms with Crippen molar-refractivity contribution in [2.75, 3.05) is 0 Å². The molecule has 1 aromatic heterocycles. The van der Waals surface area contributed by atoms with Gasteiger partial charge in [-0.25, -0.2) is 10.9 Å². The molecule has 3 aromatic rings. The van der Waals surface area contributed by atoms with Gasteiger partial charge in [0.25, 0.3) is 0 Å². The van der Waals surface area contributed by atoms with Crippen LogP contribution in [-0.4, -0.2) is 10.1 Å². The zero-order chi connectivity index (χ0) is 16.5. The van der Waals surface area contributed by atoms with Crippen LogP contribution in [0.25, 0.3) is 11.4 Å². The molecule has 0 amide bonds. The Bertz CT molecular complexity index is 858. The summed E-state index contributed by atoms with van der Waals surface area (Å²) in [7, 11) is 0. The van der Waals surface area contributed by atoms with Crippen LogP contribution < -0.4 is 10.9 Å². The first-order valence-corrected chi connectivity index (χ1v) is 8.18. The third-order valence-electron chi connectivity index (χ3n) is 4.48. The zero-order valence-corrected chi connectivity index (χ0v) is 13.8. The van der Waals surface area contributed by atoms with Gasteiger partial charge in [0.1, 0.15) is 6.04 Å². The van der Waals surface area contributed by atoms with Crippen molar-refractivity contribution >= 4 is 0 Å². The van der Waals surface area contributed by atoms with Crippen molar-refractivity contribution in [2.24, 2.45) is 0 Å². The summed E-state index contributed by atoms with van der Waals surface area (Å²) in [5.41, 5.74) is 11.4. The highest BCUT2D eigenvalue weighted by atomic mass is 16.5. The van der Waals surface area contributed by atoms with E-state index in [1.54, 1.807) is 0 Å². The maximum absolute atomic E-state index is 5.49. The fourth-order valence-corrected chi connectivity index (χ4v) is 3.18. The van der Waals surface area contributed by atoms with Gasteiger partial charge in [-0.05, 0) is 37.5 Å². The predicted molar refractivity (Wildman–Crippen MR) is 92.0 cm³/mol. The predicted octanol–water partition coefficient (Wildman–Crippen LogP) is 3.63. The fourth-order valence-electron chi connectivity index (χ4n) is 3.18. The van der Waals surface area contributed by atoms with Crippen LogP contribution in [0.3, 0.4) is 0 Å². The molecule has 2 N–H and O–H groups in total. The van der Waals surface area contributed by atoms with Crippen molar-refractivity contribution in [1.82, 2.24) is 21.0 Å². The SMILES string of the molecule is Cc1cccc(-c2noc(C3CC(c4ccccc4C)NN3)n2)c1. The second-order valence-corrected chi connectivity index (χ2v) is 6.31. The topological polar surface area (TPSA) is 63.0 Å². The molecule has 0 radical (unpaired) electrons. The van der Waals surface area contributed by atoms with Crippen molar-refractivity contribution in [3.05, 3.63) is 71.1 Å². The minimum Gasteiger partial charge on any atom is -0.337 e. The van der Waals surface area contributed by atoms with Gasteiger partial charge in [-0.2, -0.15) is 4.98 Å². The summed E-state index contributed by atoms with van der Waals surface area (Å²) in [4.78, 5) is 4.57. The fraction of sp³-hybridized carbons (Fsp3) is 0.263. The van der Waals surface area contributed by atoms with Gasteiger partial charge < -0.3 is 4.52 Å². The summed E-state index contributed by atoms with van der Waals surface area (Å²) >= 11 is 0. The van der Waals surface area contributed by atoms with Crippen molar-refractivity contribution in [3.8, 4) is 11.4 Å². The Balaban J connectivity index is 1.53. The van der Waals surface area contributed by atoms with Gasteiger partial charge in [-0.3, -0.25) is 0 Å². The van der Waals surface area contributed by atoms with Gasteiger partial charge in [0.2, 0.25) is 11.7 Å². The third kappa shape index (κ3) is 2.84. The molecule has 1 aliphatic rings. The highest BCUT2D eigenvalue weighted by Crippen LogP contribution is 2.32. The lowest BCUT2D eigenvalue weighted by molar-refractivity contribution is 0.340. The molecule has 5 heteroatoms. The molecule has 0 spiro atoms. The van der Waals surface area contributed by atoms with Crippen molar-refractivity contribution < 1.29 is 4.52 Å². The molecule has 4 rings (SSSR count). The number of rotatable bonds is 3. The lowest BCUT2D eigenvalue weighted by atomic mass is 9.98. The Hall–Kier alpha value is -2.50. The normalized spacial score (nSPS) is 20.4. The first-order chi connectivity index (χ1) is 11.7. The summed E-state index contributed by atoms with van der Waals surface area (Å²) in [5, 5.41) is 4.13. The van der Waals surface area contributed by atoms with E-state index in [0.717, 1.165) is 12.0 Å². The summed E-state index contributed by atoms with van der Waals surface area (Å²) in [6.07, 6.45) is 0.875. The molecule has 0 saturated carbocycles. The van der Waals surface area contributed by atoms with Gasteiger partial charge in [-0.15, -0.1) is 0 Å². The van der Waals surface area contributed by atoms with Crippen LogP contribution in [0.1, 0.15) is 41.1 Å². The Morgan fingerprint density at radius 3 is 2.67 bits per heavy atom. The molecule has 2 unspecified atom stereocenters. The molecule has 2 heterocycles. The second kappa shape index (κ2) is 6.19. The van der Waals surface area contributed by atoms with E-state index >= 15 is 0 Å². The van der Waals surface area contributed by atoms with Crippen LogP contribution >= 0.6 is 0 Å². The standard InChI is InChI=1S/C19H20N4O/c1-12-6-5-8-14(10-12)18-20-19(24-23-18)17-11-16(21-22-17)15-9-4-3-7-13(15)2/h3-10,16-17,21-22H,11H2,1-2H3. The number of nitrogens with one attached hydrogen (secondary N) is 2. The van der Waals surface area contributed by atoms with Gasteiger partial charge >= 0.3 is 0 Å². The average molecular weight is 320 g/mol. The van der Waals surface area contributed by atoms with E-state index in [1.165, 1.54) is 16.7 Å². The molecule has 1 fully saturated rings. The molecular formula is C19H20N4O. The van der Waals surface area contributed by atoms with Crippen LogP contribution in [0.5, 0.6) is 0 Å². The molecule has 1 aliphatic heterocycles. The Morgan fingerprint density at radius 2 is 1.83 bits per heavy atom.